The Balaban J connectivity index is 1.99. The Kier molecular flexibility index (Phi) is 7.01. The van der Waals surface area contributed by atoms with Crippen LogP contribution in [-0.2, 0) is 17.8 Å². The highest BCUT2D eigenvalue weighted by Crippen LogP contribution is 2.21. The lowest BCUT2D eigenvalue weighted by Crippen LogP contribution is -2.28. The van der Waals surface area contributed by atoms with Crippen LogP contribution in [0, 0.1) is 5.82 Å². The molecule has 0 saturated carbocycles. The minimum absolute atomic E-state index is 0.0741. The van der Waals surface area contributed by atoms with Crippen LogP contribution in [0.2, 0.25) is 5.02 Å². The largest absolute Gasteiger partial charge is 0.341 e. The molecule has 0 bridgehead atoms. The second-order valence-electron chi connectivity index (χ2n) is 5.53. The maximum Gasteiger partial charge on any atom is 0.251 e. The summed E-state index contributed by atoms with van der Waals surface area (Å²) in [5.41, 5.74) is 0.745. The van der Waals surface area contributed by atoms with E-state index >= 15 is 0 Å². The molecule has 0 aliphatic rings. The molecule has 25 heavy (non-hydrogen) atoms. The van der Waals surface area contributed by atoms with Crippen molar-refractivity contribution in [3.05, 3.63) is 56.7 Å². The Bertz CT molecular complexity index is 792. The molecule has 2 rings (SSSR count). The van der Waals surface area contributed by atoms with Gasteiger partial charge in [-0.2, -0.15) is 0 Å². The first kappa shape index (κ1) is 19.5. The molecule has 0 atom stereocenters. The molecule has 2 aromatic rings. The van der Waals surface area contributed by atoms with Crippen LogP contribution in [0.4, 0.5) is 4.39 Å². The number of carbonyl (C=O) groups is 1. The molecule has 0 spiro atoms. The van der Waals surface area contributed by atoms with Gasteiger partial charge in [0.25, 0.3) is 5.56 Å². The van der Waals surface area contributed by atoms with Crippen molar-refractivity contribution in [2.45, 2.75) is 31.5 Å². The van der Waals surface area contributed by atoms with E-state index in [1.807, 2.05) is 6.92 Å². The van der Waals surface area contributed by atoms with E-state index in [9.17, 15) is 14.0 Å². The number of halogens is 2. The lowest BCUT2D eigenvalue weighted by atomic mass is 10.2. The molecule has 8 heteroatoms. The van der Waals surface area contributed by atoms with E-state index in [-0.39, 0.29) is 34.4 Å². The van der Waals surface area contributed by atoms with Crippen molar-refractivity contribution in [2.75, 3.05) is 12.8 Å². The quantitative estimate of drug-likeness (QED) is 0.588. The van der Waals surface area contributed by atoms with Gasteiger partial charge in [-0.1, -0.05) is 42.8 Å². The fourth-order valence-corrected chi connectivity index (χ4v) is 3.24. The zero-order valence-electron chi connectivity index (χ0n) is 14.0. The standard InChI is InChI=1S/C17H19ClFN3O2S/c1-3-5-11-8-15(23)21-17(20-11)25-10-16(24)22(2)9-12-13(18)6-4-7-14(12)19/h4,6-8H,3,5,9-10H2,1-2H3,(H,20,21,23). The minimum atomic E-state index is -0.446. The Labute approximate surface area is 154 Å². The first-order valence-corrected chi connectivity index (χ1v) is 9.17. The van der Waals surface area contributed by atoms with Crippen LogP contribution < -0.4 is 5.56 Å². The van der Waals surface area contributed by atoms with E-state index in [4.69, 9.17) is 11.6 Å². The first-order valence-electron chi connectivity index (χ1n) is 7.80. The van der Waals surface area contributed by atoms with Gasteiger partial charge in [-0.05, 0) is 18.6 Å². The third-order valence-electron chi connectivity index (χ3n) is 3.49. The lowest BCUT2D eigenvalue weighted by molar-refractivity contribution is -0.127. The normalized spacial score (nSPS) is 10.7. The van der Waals surface area contributed by atoms with Gasteiger partial charge in [0.05, 0.1) is 5.75 Å². The van der Waals surface area contributed by atoms with E-state index in [1.54, 1.807) is 13.1 Å². The van der Waals surface area contributed by atoms with Crippen molar-refractivity contribution in [3.63, 3.8) is 0 Å². The Morgan fingerprint density at radius 1 is 1.44 bits per heavy atom. The van der Waals surface area contributed by atoms with Crippen LogP contribution in [0.15, 0.2) is 34.2 Å². The number of aromatic amines is 1. The third-order valence-corrected chi connectivity index (χ3v) is 4.71. The highest BCUT2D eigenvalue weighted by atomic mass is 35.5. The zero-order chi connectivity index (χ0) is 18.4. The third kappa shape index (κ3) is 5.57. The molecule has 0 saturated heterocycles. The summed E-state index contributed by atoms with van der Waals surface area (Å²) in [5.74, 6) is -0.577. The van der Waals surface area contributed by atoms with Crippen LogP contribution in [0.25, 0.3) is 0 Å². The number of amides is 1. The first-order chi connectivity index (χ1) is 11.9. The predicted octanol–water partition coefficient (Wildman–Crippen LogP) is 3.27. The molecule has 134 valence electrons. The number of rotatable bonds is 7. The number of benzene rings is 1. The second-order valence-corrected chi connectivity index (χ2v) is 6.90. The number of thioether (sulfide) groups is 1. The summed E-state index contributed by atoms with van der Waals surface area (Å²) in [5, 5.41) is 0.687. The summed E-state index contributed by atoms with van der Waals surface area (Å²) in [6, 6.07) is 5.87. The number of aromatic nitrogens is 2. The fourth-order valence-electron chi connectivity index (χ4n) is 2.19. The zero-order valence-corrected chi connectivity index (χ0v) is 15.6. The van der Waals surface area contributed by atoms with E-state index in [1.165, 1.54) is 23.1 Å². The molecule has 5 nitrogen and oxygen atoms in total. The van der Waals surface area contributed by atoms with Crippen molar-refractivity contribution >= 4 is 29.3 Å². The molecule has 0 unspecified atom stereocenters. The monoisotopic (exact) mass is 383 g/mol. The number of aryl methyl sites for hydroxylation is 1. The summed E-state index contributed by atoms with van der Waals surface area (Å²) in [7, 11) is 1.58. The van der Waals surface area contributed by atoms with Crippen molar-refractivity contribution in [2.24, 2.45) is 0 Å². The lowest BCUT2D eigenvalue weighted by Gasteiger charge is -2.18. The van der Waals surface area contributed by atoms with Gasteiger partial charge in [-0.25, -0.2) is 9.37 Å². The highest BCUT2D eigenvalue weighted by molar-refractivity contribution is 7.99. The average molecular weight is 384 g/mol. The van der Waals surface area contributed by atoms with Gasteiger partial charge in [-0.15, -0.1) is 0 Å². The van der Waals surface area contributed by atoms with Crippen molar-refractivity contribution in [1.82, 2.24) is 14.9 Å². The van der Waals surface area contributed by atoms with E-state index < -0.39 is 5.82 Å². The van der Waals surface area contributed by atoms with Gasteiger partial charge in [0.2, 0.25) is 5.91 Å². The molecule has 1 N–H and O–H groups in total. The van der Waals surface area contributed by atoms with Crippen LogP contribution in [0.5, 0.6) is 0 Å². The van der Waals surface area contributed by atoms with E-state index in [0.717, 1.165) is 18.2 Å². The summed E-state index contributed by atoms with van der Waals surface area (Å²) < 4.78 is 13.8. The van der Waals surface area contributed by atoms with Crippen LogP contribution in [0.1, 0.15) is 24.6 Å². The maximum atomic E-state index is 13.8. The summed E-state index contributed by atoms with van der Waals surface area (Å²) in [4.78, 5) is 32.2. The number of nitrogens with one attached hydrogen (secondary N) is 1. The summed E-state index contributed by atoms with van der Waals surface area (Å²) >= 11 is 7.13. The fraction of sp³-hybridized carbons (Fsp3) is 0.353. The smallest absolute Gasteiger partial charge is 0.251 e. The van der Waals surface area contributed by atoms with Gasteiger partial charge in [0, 0.05) is 35.9 Å². The van der Waals surface area contributed by atoms with Gasteiger partial charge in [0.1, 0.15) is 5.82 Å². The number of hydrogen-bond donors (Lipinski definition) is 1. The topological polar surface area (TPSA) is 66.1 Å². The number of nitrogens with zero attached hydrogens (tertiary/aromatic N) is 2. The minimum Gasteiger partial charge on any atom is -0.341 e. The van der Waals surface area contributed by atoms with Crippen LogP contribution >= 0.6 is 23.4 Å². The number of carbonyl (C=O) groups excluding carboxylic acids is 1. The maximum absolute atomic E-state index is 13.8. The molecule has 0 aliphatic carbocycles. The Morgan fingerprint density at radius 2 is 2.20 bits per heavy atom. The van der Waals surface area contributed by atoms with Crippen molar-refractivity contribution < 1.29 is 9.18 Å². The predicted molar refractivity (Wildman–Crippen MR) is 97.5 cm³/mol. The Hall–Kier alpha value is -1.86. The molecule has 0 fully saturated rings. The molecule has 1 amide bonds. The SMILES string of the molecule is CCCc1cc(=O)[nH]c(SCC(=O)N(C)Cc2c(F)cccc2Cl)n1. The van der Waals surface area contributed by atoms with Gasteiger partial charge >= 0.3 is 0 Å². The van der Waals surface area contributed by atoms with Crippen LogP contribution in [-0.4, -0.2) is 33.6 Å². The molecule has 0 radical (unpaired) electrons. The molecule has 1 aromatic heterocycles. The average Bonchev–Trinajstić information content (AvgIpc) is 2.55. The second kappa shape index (κ2) is 9.01. The molecular weight excluding hydrogens is 365 g/mol. The molecular formula is C17H19ClFN3O2S. The van der Waals surface area contributed by atoms with E-state index in [2.05, 4.69) is 9.97 Å². The Morgan fingerprint density at radius 3 is 2.88 bits per heavy atom. The number of hydrogen-bond acceptors (Lipinski definition) is 4. The molecule has 0 aliphatic heterocycles. The highest BCUT2D eigenvalue weighted by Gasteiger charge is 2.15. The van der Waals surface area contributed by atoms with Crippen LogP contribution in [0.3, 0.4) is 0 Å². The number of H-pyrrole nitrogens is 1. The summed E-state index contributed by atoms with van der Waals surface area (Å²) in [6.45, 7) is 2.08. The van der Waals surface area contributed by atoms with E-state index in [0.29, 0.717) is 17.3 Å². The van der Waals surface area contributed by atoms with Crippen molar-refractivity contribution in [3.8, 4) is 0 Å². The van der Waals surface area contributed by atoms with Gasteiger partial charge in [0.15, 0.2) is 5.16 Å². The summed E-state index contributed by atoms with van der Waals surface area (Å²) in [6.07, 6.45) is 1.59. The van der Waals surface area contributed by atoms with Gasteiger partial charge in [-0.3, -0.25) is 9.59 Å². The molecule has 1 aromatic carbocycles. The molecule has 1 heterocycles. The van der Waals surface area contributed by atoms with Gasteiger partial charge < -0.3 is 9.88 Å². The van der Waals surface area contributed by atoms with Crippen molar-refractivity contribution in [1.29, 1.82) is 0 Å².